The van der Waals surface area contributed by atoms with E-state index in [4.69, 9.17) is 11.1 Å². The molecule has 0 bridgehead atoms. The molecule has 36 heavy (non-hydrogen) atoms. The number of hydrogen-bond acceptors (Lipinski definition) is 5. The number of rotatable bonds is 10. The Balaban J connectivity index is 1.50. The van der Waals surface area contributed by atoms with Crippen molar-refractivity contribution in [1.82, 2.24) is 14.9 Å². The van der Waals surface area contributed by atoms with Gasteiger partial charge in [-0.15, -0.1) is 0 Å². The topological polar surface area (TPSA) is 126 Å². The van der Waals surface area contributed by atoms with Crippen molar-refractivity contribution in [3.8, 4) is 11.3 Å². The quantitative estimate of drug-likeness (QED) is 0.205. The van der Waals surface area contributed by atoms with Crippen LogP contribution in [-0.4, -0.2) is 27.8 Å². The molecule has 1 amide bonds. The largest absolute Gasteiger partial charge is 0.384 e. The van der Waals surface area contributed by atoms with Gasteiger partial charge >= 0.3 is 0 Å². The zero-order chi connectivity index (χ0) is 25.3. The van der Waals surface area contributed by atoms with Crippen LogP contribution in [0.25, 0.3) is 11.3 Å². The lowest BCUT2D eigenvalue weighted by molar-refractivity contribution is -0.121. The Bertz CT molecular complexity index is 1380. The van der Waals surface area contributed by atoms with Crippen molar-refractivity contribution in [2.24, 2.45) is 5.73 Å². The van der Waals surface area contributed by atoms with E-state index in [0.717, 1.165) is 17.5 Å². The molecule has 0 radical (unpaired) electrons. The molecule has 4 aromatic rings. The van der Waals surface area contributed by atoms with Crippen molar-refractivity contribution in [1.29, 1.82) is 5.41 Å². The minimum atomic E-state index is -0.288. The second-order valence-electron chi connectivity index (χ2n) is 8.31. The Hall–Kier alpha value is -4.72. The van der Waals surface area contributed by atoms with Crippen LogP contribution in [0, 0.1) is 5.41 Å². The lowest BCUT2D eigenvalue weighted by atomic mass is 10.1. The highest BCUT2D eigenvalue weighted by molar-refractivity contribution is 5.94. The molecule has 2 aromatic heterocycles. The van der Waals surface area contributed by atoms with Gasteiger partial charge in [0.15, 0.2) is 0 Å². The first-order valence-electron chi connectivity index (χ1n) is 11.6. The molecular weight excluding hydrogens is 452 g/mol. The van der Waals surface area contributed by atoms with E-state index in [1.807, 2.05) is 60.7 Å². The van der Waals surface area contributed by atoms with Crippen LogP contribution in [0.5, 0.6) is 0 Å². The average molecular weight is 481 g/mol. The van der Waals surface area contributed by atoms with Gasteiger partial charge in [-0.1, -0.05) is 54.6 Å². The molecule has 0 spiro atoms. The van der Waals surface area contributed by atoms with Gasteiger partial charge in [-0.2, -0.15) is 0 Å². The van der Waals surface area contributed by atoms with Crippen molar-refractivity contribution in [2.75, 3.05) is 11.9 Å². The Morgan fingerprint density at radius 2 is 1.64 bits per heavy atom. The fraction of sp³-hybridized carbons (Fsp3) is 0.143. The third kappa shape index (κ3) is 6.24. The van der Waals surface area contributed by atoms with E-state index in [2.05, 4.69) is 15.6 Å². The highest BCUT2D eigenvalue weighted by atomic mass is 16.2. The summed E-state index contributed by atoms with van der Waals surface area (Å²) in [6, 6.07) is 24.3. The lowest BCUT2D eigenvalue weighted by Gasteiger charge is -2.16. The molecule has 0 aliphatic carbocycles. The number of hydrogen-bond donors (Lipinski definition) is 4. The van der Waals surface area contributed by atoms with Crippen molar-refractivity contribution in [3.63, 3.8) is 0 Å². The van der Waals surface area contributed by atoms with Gasteiger partial charge in [0.1, 0.15) is 18.1 Å². The standard InChI is InChI=1S/C28H28N6O2/c29-27(30)23-8-6-21(7-9-23)18-33-26(35)19-34-25(22-13-15-31-16-14-22)11-10-24(28(34)36)32-17-12-20-4-2-1-3-5-20/h1-11,13-16,32H,12,17-19H2,(H3,29,30)(H,33,35). The number of carbonyl (C=O) groups excluding carboxylic acids is 1. The first kappa shape index (κ1) is 24.4. The summed E-state index contributed by atoms with van der Waals surface area (Å²) in [4.78, 5) is 30.3. The van der Waals surface area contributed by atoms with E-state index in [0.29, 0.717) is 30.0 Å². The molecule has 0 aliphatic heterocycles. The number of nitrogens with one attached hydrogen (secondary N) is 3. The fourth-order valence-corrected chi connectivity index (χ4v) is 3.83. The third-order valence-corrected chi connectivity index (χ3v) is 5.78. The molecule has 0 saturated carbocycles. The Morgan fingerprint density at radius 3 is 2.33 bits per heavy atom. The highest BCUT2D eigenvalue weighted by Gasteiger charge is 2.14. The maximum Gasteiger partial charge on any atom is 0.274 e. The van der Waals surface area contributed by atoms with Crippen LogP contribution in [0.2, 0.25) is 0 Å². The Morgan fingerprint density at radius 1 is 0.917 bits per heavy atom. The zero-order valence-electron chi connectivity index (χ0n) is 19.8. The fourth-order valence-electron chi connectivity index (χ4n) is 3.83. The molecule has 0 saturated heterocycles. The van der Waals surface area contributed by atoms with E-state index < -0.39 is 0 Å². The summed E-state index contributed by atoms with van der Waals surface area (Å²) in [5.41, 5.74) is 9.76. The van der Waals surface area contributed by atoms with Gasteiger partial charge in [-0.05, 0) is 41.8 Å². The highest BCUT2D eigenvalue weighted by Crippen LogP contribution is 2.18. The summed E-state index contributed by atoms with van der Waals surface area (Å²) in [6.07, 6.45) is 4.08. The molecule has 2 aromatic carbocycles. The van der Waals surface area contributed by atoms with Crippen LogP contribution < -0.4 is 21.9 Å². The molecule has 0 atom stereocenters. The normalized spacial score (nSPS) is 10.6. The van der Waals surface area contributed by atoms with Gasteiger partial charge in [0.05, 0.1) is 5.69 Å². The number of pyridine rings is 2. The summed E-state index contributed by atoms with van der Waals surface area (Å²) in [5.74, 6) is -0.296. The number of amides is 1. The summed E-state index contributed by atoms with van der Waals surface area (Å²) >= 11 is 0. The number of carbonyl (C=O) groups is 1. The maximum atomic E-state index is 13.4. The predicted molar refractivity (Wildman–Crippen MR) is 142 cm³/mol. The molecule has 0 unspecified atom stereocenters. The second kappa shape index (κ2) is 11.6. The summed E-state index contributed by atoms with van der Waals surface area (Å²) in [5, 5.41) is 13.6. The number of aromatic nitrogens is 2. The Labute approximate surface area is 209 Å². The monoisotopic (exact) mass is 480 g/mol. The van der Waals surface area contributed by atoms with Gasteiger partial charge < -0.3 is 16.4 Å². The van der Waals surface area contributed by atoms with Crippen LogP contribution in [0.1, 0.15) is 16.7 Å². The number of anilines is 1. The maximum absolute atomic E-state index is 13.4. The van der Waals surface area contributed by atoms with Crippen LogP contribution in [0.15, 0.2) is 96.1 Å². The molecule has 8 nitrogen and oxygen atoms in total. The van der Waals surface area contributed by atoms with Crippen LogP contribution >= 0.6 is 0 Å². The van der Waals surface area contributed by atoms with Crippen molar-refractivity contribution < 1.29 is 4.79 Å². The number of nitrogens with zero attached hydrogens (tertiary/aromatic N) is 2. The van der Waals surface area contributed by atoms with E-state index in [9.17, 15) is 9.59 Å². The molecule has 4 rings (SSSR count). The number of nitrogens with two attached hydrogens (primary N) is 1. The molecular formula is C28H28N6O2. The SMILES string of the molecule is N=C(N)c1ccc(CNC(=O)Cn2c(-c3ccncc3)ccc(NCCc3ccccc3)c2=O)cc1. The van der Waals surface area contributed by atoms with Crippen LogP contribution in [-0.2, 0) is 24.3 Å². The van der Waals surface area contributed by atoms with Crippen molar-refractivity contribution in [2.45, 2.75) is 19.5 Å². The first-order chi connectivity index (χ1) is 17.5. The molecule has 8 heteroatoms. The van der Waals surface area contributed by atoms with Gasteiger partial charge in [0, 0.05) is 36.6 Å². The van der Waals surface area contributed by atoms with Gasteiger partial charge in [0.2, 0.25) is 5.91 Å². The van der Waals surface area contributed by atoms with Gasteiger partial charge in [-0.3, -0.25) is 24.5 Å². The molecule has 2 heterocycles. The van der Waals surface area contributed by atoms with Gasteiger partial charge in [0.25, 0.3) is 5.56 Å². The van der Waals surface area contributed by atoms with Crippen molar-refractivity contribution in [3.05, 3.63) is 118 Å². The molecule has 0 fully saturated rings. The average Bonchev–Trinajstić information content (AvgIpc) is 2.91. The Kier molecular flexibility index (Phi) is 7.87. The van der Waals surface area contributed by atoms with E-state index in [1.54, 1.807) is 30.6 Å². The molecule has 0 aliphatic rings. The van der Waals surface area contributed by atoms with Crippen LogP contribution in [0.3, 0.4) is 0 Å². The summed E-state index contributed by atoms with van der Waals surface area (Å²) in [6.45, 7) is 0.762. The predicted octanol–water partition coefficient (Wildman–Crippen LogP) is 3.17. The third-order valence-electron chi connectivity index (χ3n) is 5.78. The molecule has 182 valence electrons. The minimum Gasteiger partial charge on any atom is -0.384 e. The molecule has 5 N–H and O–H groups in total. The zero-order valence-corrected chi connectivity index (χ0v) is 19.8. The van der Waals surface area contributed by atoms with E-state index in [-0.39, 0.29) is 23.8 Å². The number of amidine groups is 1. The van der Waals surface area contributed by atoms with Crippen molar-refractivity contribution >= 4 is 17.4 Å². The van der Waals surface area contributed by atoms with E-state index >= 15 is 0 Å². The number of nitrogen functional groups attached to an aromatic ring is 1. The summed E-state index contributed by atoms with van der Waals surface area (Å²) in [7, 11) is 0. The smallest absolute Gasteiger partial charge is 0.274 e. The van der Waals surface area contributed by atoms with Gasteiger partial charge in [-0.25, -0.2) is 0 Å². The summed E-state index contributed by atoms with van der Waals surface area (Å²) < 4.78 is 1.48. The van der Waals surface area contributed by atoms with E-state index in [1.165, 1.54) is 10.1 Å². The second-order valence-corrected chi connectivity index (χ2v) is 8.31. The number of benzene rings is 2. The van der Waals surface area contributed by atoms with Crippen LogP contribution in [0.4, 0.5) is 5.69 Å². The first-order valence-corrected chi connectivity index (χ1v) is 11.6. The minimum absolute atomic E-state index is 0.00846. The lowest BCUT2D eigenvalue weighted by Crippen LogP contribution is -2.34.